The second-order valence-electron chi connectivity index (χ2n) is 13.7. The summed E-state index contributed by atoms with van der Waals surface area (Å²) >= 11 is 0. The van der Waals surface area contributed by atoms with Gasteiger partial charge in [-0.2, -0.15) is 0 Å². The molecular weight excluding hydrogens is 676 g/mol. The van der Waals surface area contributed by atoms with E-state index in [-0.39, 0.29) is 30.2 Å². The molecule has 2 fully saturated rings. The van der Waals surface area contributed by atoms with Crippen molar-refractivity contribution in [3.63, 3.8) is 0 Å². The van der Waals surface area contributed by atoms with Gasteiger partial charge in [-0.15, -0.1) is 0 Å². The maximum Gasteiger partial charge on any atom is 0.320 e. The first kappa shape index (κ1) is 39.5. The van der Waals surface area contributed by atoms with Gasteiger partial charge in [0.05, 0.1) is 39.9 Å². The maximum atomic E-state index is 14.2. The Hall–Kier alpha value is -4.72. The van der Waals surface area contributed by atoms with Crippen LogP contribution in [0.2, 0.25) is 0 Å². The molecule has 1 N–H and O–H groups in total. The van der Waals surface area contributed by atoms with Crippen LogP contribution in [0.1, 0.15) is 53.6 Å². The quantitative estimate of drug-likeness (QED) is 0.218. The van der Waals surface area contributed by atoms with Crippen LogP contribution in [-0.4, -0.2) is 136 Å². The molecule has 0 saturated carbocycles. The second kappa shape index (κ2) is 18.9. The van der Waals surface area contributed by atoms with Gasteiger partial charge in [0.2, 0.25) is 11.7 Å². The molecule has 2 amide bonds. The van der Waals surface area contributed by atoms with E-state index in [1.807, 2.05) is 49.4 Å². The van der Waals surface area contributed by atoms with Crippen molar-refractivity contribution >= 4 is 17.8 Å². The highest BCUT2D eigenvalue weighted by molar-refractivity contribution is 5.95. The van der Waals surface area contributed by atoms with Crippen LogP contribution in [0.5, 0.6) is 17.2 Å². The van der Waals surface area contributed by atoms with Gasteiger partial charge in [-0.1, -0.05) is 36.4 Å². The molecule has 2 aliphatic rings. The summed E-state index contributed by atoms with van der Waals surface area (Å²) in [5.74, 6) is 0.952. The van der Waals surface area contributed by atoms with Crippen molar-refractivity contribution in [1.82, 2.24) is 30.1 Å². The summed E-state index contributed by atoms with van der Waals surface area (Å²) in [6.45, 7) is 7.87. The molecule has 2 saturated heterocycles. The number of esters is 1. The summed E-state index contributed by atoms with van der Waals surface area (Å²) in [4.78, 5) is 50.5. The lowest BCUT2D eigenvalue weighted by atomic mass is 9.72. The van der Waals surface area contributed by atoms with Crippen molar-refractivity contribution in [2.45, 2.75) is 37.5 Å². The molecule has 0 spiro atoms. The number of ether oxygens (including phenoxy) is 4. The third-order valence-corrected chi connectivity index (χ3v) is 10.5. The van der Waals surface area contributed by atoms with Crippen molar-refractivity contribution in [1.29, 1.82) is 0 Å². The maximum absolute atomic E-state index is 14.2. The largest absolute Gasteiger partial charge is 0.493 e. The fourth-order valence-corrected chi connectivity index (χ4v) is 7.38. The van der Waals surface area contributed by atoms with Gasteiger partial charge in [0.25, 0.3) is 5.91 Å². The number of methoxy groups -OCH3 is 3. The first-order chi connectivity index (χ1) is 25.7. The van der Waals surface area contributed by atoms with Gasteiger partial charge in [0.1, 0.15) is 0 Å². The minimum absolute atomic E-state index is 0.0161. The monoisotopic (exact) mass is 730 g/mol. The smallest absolute Gasteiger partial charge is 0.320 e. The van der Waals surface area contributed by atoms with Gasteiger partial charge in [0, 0.05) is 63.6 Å². The minimum Gasteiger partial charge on any atom is -0.493 e. The number of carbonyl (C=O) groups is 3. The number of amides is 2. The van der Waals surface area contributed by atoms with E-state index in [0.717, 1.165) is 37.2 Å². The summed E-state index contributed by atoms with van der Waals surface area (Å²) in [5, 5.41) is 1.98. The third-order valence-electron chi connectivity index (χ3n) is 10.5. The summed E-state index contributed by atoms with van der Waals surface area (Å²) < 4.78 is 21.5. The van der Waals surface area contributed by atoms with Crippen LogP contribution in [0.4, 0.5) is 0 Å². The molecule has 53 heavy (non-hydrogen) atoms. The number of hydrazine groups is 1. The Bertz CT molecular complexity index is 1620. The molecule has 2 aliphatic heterocycles. The van der Waals surface area contributed by atoms with E-state index in [2.05, 4.69) is 38.4 Å². The molecule has 13 heteroatoms. The van der Waals surface area contributed by atoms with Gasteiger partial charge < -0.3 is 28.7 Å². The fraction of sp³-hybridized carbons (Fsp3) is 0.500. The van der Waals surface area contributed by atoms with Crippen LogP contribution >= 0.6 is 0 Å². The topological polar surface area (TPSA) is 126 Å². The molecule has 3 heterocycles. The van der Waals surface area contributed by atoms with Crippen LogP contribution in [0.25, 0.3) is 0 Å². The van der Waals surface area contributed by atoms with E-state index >= 15 is 0 Å². The number of benzene rings is 2. The predicted molar refractivity (Wildman–Crippen MR) is 201 cm³/mol. The molecule has 0 bridgehead atoms. The average Bonchev–Trinajstić information content (AvgIpc) is 3.20. The number of carbonyl (C=O) groups excluding carboxylic acids is 3. The van der Waals surface area contributed by atoms with Crippen molar-refractivity contribution in [3.05, 3.63) is 83.7 Å². The zero-order chi connectivity index (χ0) is 37.8. The number of hydrogen-bond donors (Lipinski definition) is 1. The molecule has 1 unspecified atom stereocenters. The number of rotatable bonds is 16. The Labute approximate surface area is 313 Å². The average molecular weight is 731 g/mol. The Morgan fingerprint density at radius 1 is 0.887 bits per heavy atom. The van der Waals surface area contributed by atoms with Crippen molar-refractivity contribution in [2.75, 3.05) is 93.9 Å². The number of aromatic nitrogens is 1. The first-order valence-corrected chi connectivity index (χ1v) is 18.4. The standard InChI is InChI=1S/C40H54N6O7/c1-6-53-36(47)29-45-21-23-46(24-22-45)42-39(49)40(33-12-8-7-9-13-33)15-19-44(20-16-40)18-14-31(30-11-10-17-41-27-30)28-43(2)38(48)32-25-34(50-3)37(52-5)35(26-32)51-4/h7-13,17,25-27,31H,6,14-16,18-24,28-29H2,1-5H3,(H,42,49). The molecule has 0 aliphatic carbocycles. The minimum atomic E-state index is -0.657. The summed E-state index contributed by atoms with van der Waals surface area (Å²) in [5.41, 5.74) is 5.12. The molecule has 0 radical (unpaired) electrons. The van der Waals surface area contributed by atoms with Crippen LogP contribution in [-0.2, 0) is 19.7 Å². The lowest BCUT2D eigenvalue weighted by molar-refractivity contribution is -0.145. The number of pyridine rings is 1. The first-order valence-electron chi connectivity index (χ1n) is 18.4. The number of nitrogens with one attached hydrogen (secondary N) is 1. The Kier molecular flexibility index (Phi) is 14.0. The molecule has 13 nitrogen and oxygen atoms in total. The predicted octanol–water partition coefficient (Wildman–Crippen LogP) is 3.60. The van der Waals surface area contributed by atoms with Gasteiger partial charge in [-0.3, -0.25) is 29.7 Å². The van der Waals surface area contributed by atoms with Crippen LogP contribution in [0, 0.1) is 0 Å². The second-order valence-corrected chi connectivity index (χ2v) is 13.7. The van der Waals surface area contributed by atoms with Gasteiger partial charge in [0.15, 0.2) is 11.5 Å². The fourth-order valence-electron chi connectivity index (χ4n) is 7.38. The lowest BCUT2D eigenvalue weighted by Crippen LogP contribution is -2.59. The Morgan fingerprint density at radius 2 is 1.57 bits per heavy atom. The Balaban J connectivity index is 1.23. The normalized spacial score (nSPS) is 17.0. The number of likely N-dealkylation sites (N-methyl/N-ethyl adjacent to an activating group) is 1. The SMILES string of the molecule is CCOC(=O)CN1CCN(NC(=O)C2(c3ccccc3)CCN(CCC(CN(C)C(=O)c3cc(OC)c(OC)c(OC)c3)c3cccnc3)CC2)CC1. The summed E-state index contributed by atoms with van der Waals surface area (Å²) in [6.07, 6.45) is 5.80. The molecule has 2 aromatic carbocycles. The van der Waals surface area contributed by atoms with Gasteiger partial charge in [-0.25, -0.2) is 5.01 Å². The van der Waals surface area contributed by atoms with E-state index in [1.165, 1.54) is 21.3 Å². The number of piperidine rings is 1. The number of piperazine rings is 1. The van der Waals surface area contributed by atoms with E-state index in [0.29, 0.717) is 75.0 Å². The molecule has 1 aromatic heterocycles. The van der Waals surface area contributed by atoms with E-state index in [9.17, 15) is 14.4 Å². The van der Waals surface area contributed by atoms with Gasteiger partial charge >= 0.3 is 5.97 Å². The molecule has 1 atom stereocenters. The van der Waals surface area contributed by atoms with E-state index in [4.69, 9.17) is 18.9 Å². The van der Waals surface area contributed by atoms with Gasteiger partial charge in [-0.05, 0) is 75.1 Å². The highest BCUT2D eigenvalue weighted by Gasteiger charge is 2.43. The molecule has 3 aromatic rings. The van der Waals surface area contributed by atoms with Crippen LogP contribution < -0.4 is 19.6 Å². The molecule has 5 rings (SSSR count). The summed E-state index contributed by atoms with van der Waals surface area (Å²) in [7, 11) is 6.40. The van der Waals surface area contributed by atoms with E-state index in [1.54, 1.807) is 23.2 Å². The Morgan fingerprint density at radius 3 is 2.15 bits per heavy atom. The summed E-state index contributed by atoms with van der Waals surface area (Å²) in [6, 6.07) is 17.4. The molecule has 286 valence electrons. The van der Waals surface area contributed by atoms with Crippen molar-refractivity contribution in [2.24, 2.45) is 0 Å². The van der Waals surface area contributed by atoms with E-state index < -0.39 is 5.41 Å². The number of likely N-dealkylation sites (tertiary alicyclic amines) is 1. The number of hydrogen-bond acceptors (Lipinski definition) is 11. The van der Waals surface area contributed by atoms with Crippen LogP contribution in [0.15, 0.2) is 67.0 Å². The highest BCUT2D eigenvalue weighted by Crippen LogP contribution is 2.39. The van der Waals surface area contributed by atoms with Crippen LogP contribution in [0.3, 0.4) is 0 Å². The highest BCUT2D eigenvalue weighted by atomic mass is 16.5. The number of nitrogens with zero attached hydrogens (tertiary/aromatic N) is 5. The zero-order valence-corrected chi connectivity index (χ0v) is 31.7. The molecular formula is C40H54N6O7. The van der Waals surface area contributed by atoms with Crippen molar-refractivity contribution < 1.29 is 33.3 Å². The lowest BCUT2D eigenvalue weighted by Gasteiger charge is -2.43. The van der Waals surface area contributed by atoms with Crippen molar-refractivity contribution in [3.8, 4) is 17.2 Å². The zero-order valence-electron chi connectivity index (χ0n) is 31.7. The third kappa shape index (κ3) is 9.83.